The molecule has 3 heteroatoms. The van der Waals surface area contributed by atoms with Crippen molar-refractivity contribution in [2.24, 2.45) is 0 Å². The number of anilines is 3. The lowest BCUT2D eigenvalue weighted by molar-refractivity contribution is 0.663. The first-order valence-corrected chi connectivity index (χ1v) is 17.3. The summed E-state index contributed by atoms with van der Waals surface area (Å²) in [6.07, 6.45) is 0. The number of hydrogen-bond donors (Lipinski definition) is 0. The second-order valence-electron chi connectivity index (χ2n) is 12.9. The lowest BCUT2D eigenvalue weighted by Gasteiger charge is -2.26. The van der Waals surface area contributed by atoms with E-state index in [-0.39, 0.29) is 0 Å². The third kappa shape index (κ3) is 4.98. The van der Waals surface area contributed by atoms with Gasteiger partial charge in [-0.1, -0.05) is 133 Å². The molecular weight excluding hydrogens is 623 g/mol. The summed E-state index contributed by atoms with van der Waals surface area (Å²) in [7, 11) is 0. The monoisotopic (exact) mass is 653 g/mol. The Morgan fingerprint density at radius 1 is 0.294 bits per heavy atom. The summed E-state index contributed by atoms with van der Waals surface area (Å²) in [6, 6.07) is 66.1. The van der Waals surface area contributed by atoms with E-state index < -0.39 is 0 Å². The van der Waals surface area contributed by atoms with Crippen molar-refractivity contribution in [1.82, 2.24) is 0 Å². The molecule has 0 aliphatic carbocycles. The predicted molar refractivity (Wildman–Crippen MR) is 212 cm³/mol. The standard InChI is InChI=1S/C48H31NO2/c1-3-10-32(11-4-1)34-18-24-37(25-19-34)49(38-26-20-35(21-27-38)33-12-5-2-6-13-33)39-28-22-36(23-29-39)40-15-9-16-42-47-45(51-48(40)42)31-30-44-46(47)41-14-7-8-17-43(41)50-44/h1-31H. The Morgan fingerprint density at radius 2 is 0.745 bits per heavy atom. The van der Waals surface area contributed by atoms with Gasteiger partial charge in [-0.05, 0) is 82.4 Å². The third-order valence-electron chi connectivity index (χ3n) is 9.90. The molecule has 2 aromatic heterocycles. The molecule has 0 saturated heterocycles. The van der Waals surface area contributed by atoms with Crippen LogP contribution in [0.3, 0.4) is 0 Å². The molecule has 0 radical (unpaired) electrons. The highest BCUT2D eigenvalue weighted by Gasteiger charge is 2.19. The minimum atomic E-state index is 0.859. The van der Waals surface area contributed by atoms with Crippen LogP contribution in [0.15, 0.2) is 197 Å². The molecule has 51 heavy (non-hydrogen) atoms. The molecule has 0 aliphatic heterocycles. The van der Waals surface area contributed by atoms with Gasteiger partial charge in [-0.25, -0.2) is 0 Å². The van der Waals surface area contributed by atoms with Crippen LogP contribution in [0.1, 0.15) is 0 Å². The van der Waals surface area contributed by atoms with E-state index in [1.54, 1.807) is 0 Å². The van der Waals surface area contributed by atoms with Crippen LogP contribution in [0.4, 0.5) is 17.1 Å². The normalized spacial score (nSPS) is 11.5. The zero-order chi connectivity index (χ0) is 33.7. The first kappa shape index (κ1) is 29.1. The van der Waals surface area contributed by atoms with E-state index in [0.29, 0.717) is 0 Å². The largest absolute Gasteiger partial charge is 0.456 e. The van der Waals surface area contributed by atoms with Crippen LogP contribution in [0.2, 0.25) is 0 Å². The van der Waals surface area contributed by atoms with E-state index in [9.17, 15) is 0 Å². The van der Waals surface area contributed by atoms with Crippen LogP contribution in [-0.2, 0) is 0 Å². The van der Waals surface area contributed by atoms with Crippen molar-refractivity contribution in [2.75, 3.05) is 4.90 Å². The van der Waals surface area contributed by atoms with Crippen LogP contribution >= 0.6 is 0 Å². The number of benzene rings is 8. The summed E-state index contributed by atoms with van der Waals surface area (Å²) in [4.78, 5) is 2.32. The molecule has 8 aromatic carbocycles. The van der Waals surface area contributed by atoms with Gasteiger partial charge >= 0.3 is 0 Å². The Balaban J connectivity index is 1.07. The molecule has 0 N–H and O–H groups in total. The van der Waals surface area contributed by atoms with Crippen LogP contribution < -0.4 is 4.90 Å². The molecule has 0 aliphatic rings. The summed E-state index contributed by atoms with van der Waals surface area (Å²) in [5, 5.41) is 4.38. The Hall–Kier alpha value is -6.84. The molecule has 0 spiro atoms. The maximum atomic E-state index is 6.62. The Morgan fingerprint density at radius 3 is 1.33 bits per heavy atom. The van der Waals surface area contributed by atoms with Gasteiger partial charge in [-0.3, -0.25) is 0 Å². The van der Waals surface area contributed by atoms with Crippen LogP contribution in [0.25, 0.3) is 77.3 Å². The zero-order valence-corrected chi connectivity index (χ0v) is 27.7. The molecule has 3 nitrogen and oxygen atoms in total. The fourth-order valence-electron chi connectivity index (χ4n) is 7.44. The van der Waals surface area contributed by atoms with Gasteiger partial charge in [-0.2, -0.15) is 0 Å². The maximum absolute atomic E-state index is 6.62. The Kier molecular flexibility index (Phi) is 6.81. The first-order valence-electron chi connectivity index (χ1n) is 17.3. The van der Waals surface area contributed by atoms with Crippen molar-refractivity contribution in [3.05, 3.63) is 188 Å². The molecule has 0 unspecified atom stereocenters. The van der Waals surface area contributed by atoms with E-state index in [1.807, 2.05) is 24.3 Å². The highest BCUT2D eigenvalue weighted by Crippen LogP contribution is 2.43. The van der Waals surface area contributed by atoms with E-state index in [0.717, 1.165) is 72.1 Å². The third-order valence-corrected chi connectivity index (χ3v) is 9.90. The van der Waals surface area contributed by atoms with Crippen molar-refractivity contribution >= 4 is 60.9 Å². The van der Waals surface area contributed by atoms with Crippen LogP contribution in [0, 0.1) is 0 Å². The van der Waals surface area contributed by atoms with Crippen molar-refractivity contribution in [2.45, 2.75) is 0 Å². The topological polar surface area (TPSA) is 29.5 Å². The van der Waals surface area contributed by atoms with Gasteiger partial charge in [0.1, 0.15) is 22.3 Å². The van der Waals surface area contributed by atoms with E-state index in [1.165, 1.54) is 22.3 Å². The van der Waals surface area contributed by atoms with Gasteiger partial charge in [0.05, 0.1) is 0 Å². The lowest BCUT2D eigenvalue weighted by atomic mass is 10.00. The first-order chi connectivity index (χ1) is 25.3. The van der Waals surface area contributed by atoms with Gasteiger partial charge in [0.2, 0.25) is 0 Å². The molecule has 10 aromatic rings. The number of furan rings is 2. The van der Waals surface area contributed by atoms with Gasteiger partial charge in [0.25, 0.3) is 0 Å². The summed E-state index contributed by atoms with van der Waals surface area (Å²) in [6.45, 7) is 0. The quantitative estimate of drug-likeness (QED) is 0.179. The number of nitrogens with zero attached hydrogens (tertiary/aromatic N) is 1. The molecule has 0 atom stereocenters. The highest BCUT2D eigenvalue weighted by atomic mass is 16.3. The summed E-state index contributed by atoms with van der Waals surface area (Å²) < 4.78 is 12.8. The highest BCUT2D eigenvalue weighted by molar-refractivity contribution is 6.26. The van der Waals surface area contributed by atoms with Crippen LogP contribution in [0.5, 0.6) is 0 Å². The summed E-state index contributed by atoms with van der Waals surface area (Å²) >= 11 is 0. The molecule has 0 amide bonds. The fourth-order valence-corrected chi connectivity index (χ4v) is 7.44. The van der Waals surface area contributed by atoms with Crippen LogP contribution in [-0.4, -0.2) is 0 Å². The molecule has 0 saturated carbocycles. The SMILES string of the molecule is c1ccc(-c2ccc(N(c3ccc(-c4ccccc4)cc3)c3ccc(-c4cccc5c4oc4ccc6oc7ccccc7c6c45)cc3)cc2)cc1. The van der Waals surface area contributed by atoms with Gasteiger partial charge in [-0.15, -0.1) is 0 Å². The molecule has 240 valence electrons. The maximum Gasteiger partial charge on any atom is 0.143 e. The molecule has 0 fully saturated rings. The molecular formula is C48H31NO2. The van der Waals surface area contributed by atoms with Crippen molar-refractivity contribution in [3.8, 4) is 33.4 Å². The van der Waals surface area contributed by atoms with Gasteiger partial charge in [0.15, 0.2) is 0 Å². The van der Waals surface area contributed by atoms with E-state index in [2.05, 4.69) is 169 Å². The van der Waals surface area contributed by atoms with Crippen molar-refractivity contribution in [1.29, 1.82) is 0 Å². The number of rotatable bonds is 6. The molecule has 2 heterocycles. The Labute approximate surface area is 295 Å². The number of hydrogen-bond acceptors (Lipinski definition) is 3. The second-order valence-corrected chi connectivity index (χ2v) is 12.9. The number of para-hydroxylation sites is 2. The summed E-state index contributed by atoms with van der Waals surface area (Å²) in [5.41, 5.74) is 13.7. The minimum absolute atomic E-state index is 0.859. The molecule has 10 rings (SSSR count). The van der Waals surface area contributed by atoms with E-state index >= 15 is 0 Å². The van der Waals surface area contributed by atoms with Gasteiger partial charge < -0.3 is 13.7 Å². The van der Waals surface area contributed by atoms with E-state index in [4.69, 9.17) is 8.83 Å². The summed E-state index contributed by atoms with van der Waals surface area (Å²) in [5.74, 6) is 0. The molecule has 0 bridgehead atoms. The average molecular weight is 654 g/mol. The number of fused-ring (bicyclic) bond motifs is 7. The predicted octanol–water partition coefficient (Wildman–Crippen LogP) is 14.0. The van der Waals surface area contributed by atoms with Crippen molar-refractivity contribution < 1.29 is 8.83 Å². The smallest absolute Gasteiger partial charge is 0.143 e. The minimum Gasteiger partial charge on any atom is -0.456 e. The van der Waals surface area contributed by atoms with Gasteiger partial charge in [0, 0.05) is 44.2 Å². The Bertz CT molecular complexity index is 2730. The lowest BCUT2D eigenvalue weighted by Crippen LogP contribution is -2.09. The van der Waals surface area contributed by atoms with Crippen molar-refractivity contribution in [3.63, 3.8) is 0 Å². The average Bonchev–Trinajstić information content (AvgIpc) is 3.78. The second kappa shape index (κ2) is 11.9. The fraction of sp³-hybridized carbons (Fsp3) is 0. The zero-order valence-electron chi connectivity index (χ0n) is 27.7.